The summed E-state index contributed by atoms with van der Waals surface area (Å²) in [7, 11) is 0. The lowest BCUT2D eigenvalue weighted by Gasteiger charge is -2.37. The summed E-state index contributed by atoms with van der Waals surface area (Å²) in [6.45, 7) is -0.499. The fourth-order valence-corrected chi connectivity index (χ4v) is 4.47. The molecule has 3 aromatic carbocycles. The van der Waals surface area contributed by atoms with E-state index in [9.17, 15) is 4.79 Å². The largest absolute Gasteiger partial charge is 0.493 e. The number of primary amides is 1. The zero-order valence-electron chi connectivity index (χ0n) is 32.2. The second-order valence-corrected chi connectivity index (χ2v) is 7.73. The number of amides is 1. The van der Waals surface area contributed by atoms with E-state index < -0.39 is 108 Å². The van der Waals surface area contributed by atoms with E-state index in [4.69, 9.17) is 31.0 Å². The Morgan fingerprint density at radius 3 is 2.44 bits per heavy atom. The molecule has 2 aliphatic heterocycles. The molecule has 1 fully saturated rings. The fourth-order valence-electron chi connectivity index (χ4n) is 4.47. The van der Waals surface area contributed by atoms with Gasteiger partial charge < -0.3 is 15.4 Å². The third kappa shape index (κ3) is 3.69. The average Bonchev–Trinajstić information content (AvgIpc) is 3.69. The van der Waals surface area contributed by atoms with Crippen LogP contribution >= 0.6 is 0 Å². The lowest BCUT2D eigenvalue weighted by molar-refractivity contribution is -0.123. The van der Waals surface area contributed by atoms with Gasteiger partial charge in [0.05, 0.1) is 24.4 Å². The van der Waals surface area contributed by atoms with E-state index >= 15 is 0 Å². The summed E-state index contributed by atoms with van der Waals surface area (Å²) in [6.07, 6.45) is -2.17. The number of rotatable bonds is 7. The van der Waals surface area contributed by atoms with Gasteiger partial charge in [-0.2, -0.15) is 0 Å². The summed E-state index contributed by atoms with van der Waals surface area (Å²) < 4.78 is 133. The Hall–Kier alpha value is -3.11. The third-order valence-corrected chi connectivity index (χ3v) is 5.99. The van der Waals surface area contributed by atoms with E-state index in [1.54, 1.807) is 0 Å². The first kappa shape index (κ1) is 9.80. The van der Waals surface area contributed by atoms with Crippen molar-refractivity contribution in [2.45, 2.75) is 24.6 Å². The molecule has 4 nitrogen and oxygen atoms in total. The van der Waals surface area contributed by atoms with Gasteiger partial charge in [-0.1, -0.05) is 72.5 Å². The molecule has 0 unspecified atom stereocenters. The zero-order valence-corrected chi connectivity index (χ0v) is 17.2. The molecular weight excluding hydrogens is 396 g/mol. The number of hydrogen-bond donors (Lipinski definition) is 1. The Labute approximate surface area is 211 Å². The molecule has 1 atom stereocenters. The van der Waals surface area contributed by atoms with Gasteiger partial charge >= 0.3 is 0 Å². The molecule has 0 aromatic heterocycles. The molecular formula is C28H30N2O2. The van der Waals surface area contributed by atoms with Gasteiger partial charge in [-0.25, -0.2) is 0 Å². The molecule has 0 spiro atoms. The van der Waals surface area contributed by atoms with Gasteiger partial charge in [0.25, 0.3) is 0 Å². The minimum Gasteiger partial charge on any atom is -0.493 e. The summed E-state index contributed by atoms with van der Waals surface area (Å²) in [5.74, 6) is -2.44. The molecule has 0 saturated carbocycles. The van der Waals surface area contributed by atoms with Crippen LogP contribution in [0.5, 0.6) is 5.75 Å². The zero-order chi connectivity index (χ0) is 35.1. The molecule has 164 valence electrons. The topological polar surface area (TPSA) is 55.6 Å². The number of nitrogens with two attached hydrogens (primary N) is 1. The number of hydrogen-bond acceptors (Lipinski definition) is 3. The highest BCUT2D eigenvalue weighted by Crippen LogP contribution is 2.43. The van der Waals surface area contributed by atoms with Crippen LogP contribution in [0.2, 0.25) is 0 Å². The van der Waals surface area contributed by atoms with Crippen molar-refractivity contribution in [1.29, 1.82) is 0 Å². The van der Waals surface area contributed by atoms with Crippen molar-refractivity contribution in [3.05, 3.63) is 101 Å². The summed E-state index contributed by atoms with van der Waals surface area (Å²) in [5.41, 5.74) is 2.15. The van der Waals surface area contributed by atoms with Crippen molar-refractivity contribution in [3.8, 4) is 5.75 Å². The Morgan fingerprint density at radius 1 is 1.09 bits per heavy atom. The van der Waals surface area contributed by atoms with E-state index in [0.29, 0.717) is 5.56 Å². The predicted molar refractivity (Wildman–Crippen MR) is 127 cm³/mol. The minimum absolute atomic E-state index is 0.0268. The van der Waals surface area contributed by atoms with Crippen molar-refractivity contribution in [3.63, 3.8) is 0 Å². The summed E-state index contributed by atoms with van der Waals surface area (Å²) in [5, 5.41) is 0. The van der Waals surface area contributed by atoms with Crippen molar-refractivity contribution in [2.75, 3.05) is 26.2 Å². The van der Waals surface area contributed by atoms with Gasteiger partial charge in [0.2, 0.25) is 5.91 Å². The van der Waals surface area contributed by atoms with Crippen LogP contribution in [0.15, 0.2) is 78.6 Å². The van der Waals surface area contributed by atoms with Crippen LogP contribution in [0.1, 0.15) is 49.2 Å². The molecule has 0 aliphatic carbocycles. The second kappa shape index (κ2) is 8.79. The molecule has 32 heavy (non-hydrogen) atoms. The van der Waals surface area contributed by atoms with E-state index in [1.807, 2.05) is 0 Å². The normalized spacial score (nSPS) is 25.4. The number of benzene rings is 3. The van der Waals surface area contributed by atoms with Crippen LogP contribution in [-0.4, -0.2) is 37.0 Å². The lowest BCUT2D eigenvalue weighted by atomic mass is 9.64. The van der Waals surface area contributed by atoms with Crippen LogP contribution in [0.4, 0.5) is 0 Å². The molecule has 1 amide bonds. The highest BCUT2D eigenvalue weighted by atomic mass is 16.5. The van der Waals surface area contributed by atoms with Crippen LogP contribution in [-0.2, 0) is 23.0 Å². The molecule has 5 rings (SSSR count). The number of likely N-dealkylation sites (tertiary alicyclic amines) is 1. The SMILES string of the molecule is [2H]c1c([2H])c([2H])c(C(C(N)=O)(c2c([2H])c([2H])c([2H])c([2H])c2[2H])[C@@H]2CCN(CC([2H])([2H])c3c([2H])c([2H])c4c(c3[2H])CCO4)C2)c([2H])c1[2H]. The number of carbonyl (C=O) groups is 1. The van der Waals surface area contributed by atoms with Gasteiger partial charge in [-0.05, 0) is 53.6 Å². The van der Waals surface area contributed by atoms with E-state index in [0.717, 1.165) is 0 Å². The molecule has 2 aliphatic rings. The average molecular weight is 442 g/mol. The smallest absolute Gasteiger partial charge is 0.232 e. The molecule has 1 saturated heterocycles. The van der Waals surface area contributed by atoms with Gasteiger partial charge in [0, 0.05) is 22.3 Å². The number of fused-ring (bicyclic) bond motifs is 1. The quantitative estimate of drug-likeness (QED) is 0.604. The maximum Gasteiger partial charge on any atom is 0.232 e. The highest BCUT2D eigenvalue weighted by molar-refractivity contribution is 5.91. The number of carbonyl (C=O) groups excluding carboxylic acids is 1. The highest BCUT2D eigenvalue weighted by Gasteiger charge is 2.49. The minimum atomic E-state index is -2.57. The molecule has 4 heteroatoms. The standard InChI is InChI=1S/C28H30N2O2/c29-27(31)28(23-7-3-1-4-8-23,24-9-5-2-6-10-24)25-14-17-30(20-25)16-13-21-11-12-26-22(19-21)15-18-32-26/h1-12,19,25H,13-18,20H2,(H2,29,31)/t25-/m1/s1/i1D,2D,3D,4D,5D,6D,7D,8D,9D,10D,11D,12D,13D2,19D. The van der Waals surface area contributed by atoms with Gasteiger partial charge in [0.1, 0.15) is 11.2 Å². The molecule has 0 radical (unpaired) electrons. The summed E-state index contributed by atoms with van der Waals surface area (Å²) in [4.78, 5) is 15.4. The molecule has 2 heterocycles. The van der Waals surface area contributed by atoms with Crippen LogP contribution in [0, 0.1) is 5.92 Å². The fraction of sp³-hybridized carbons (Fsp3) is 0.321. The van der Waals surface area contributed by atoms with E-state index in [1.165, 1.54) is 4.90 Å². The van der Waals surface area contributed by atoms with Crippen molar-refractivity contribution >= 4 is 5.91 Å². The van der Waals surface area contributed by atoms with Gasteiger partial charge in [-0.15, -0.1) is 0 Å². The maximum atomic E-state index is 13.9. The Balaban J connectivity index is 1.70. The Morgan fingerprint density at radius 2 is 1.78 bits per heavy atom. The van der Waals surface area contributed by atoms with Gasteiger partial charge in [-0.3, -0.25) is 4.79 Å². The van der Waals surface area contributed by atoms with Crippen LogP contribution in [0.25, 0.3) is 0 Å². The second-order valence-electron chi connectivity index (χ2n) is 7.73. The monoisotopic (exact) mass is 441 g/mol. The first-order chi connectivity index (χ1) is 21.8. The van der Waals surface area contributed by atoms with E-state index in [-0.39, 0.29) is 55.9 Å². The Kier molecular flexibility index (Phi) is 2.69. The maximum absolute atomic E-state index is 13.9. The van der Waals surface area contributed by atoms with E-state index in [2.05, 4.69) is 0 Å². The first-order valence-electron chi connectivity index (χ1n) is 17.7. The molecule has 3 aromatic rings. The summed E-state index contributed by atoms with van der Waals surface area (Å²) >= 11 is 0. The van der Waals surface area contributed by atoms with Gasteiger partial charge in [0.15, 0.2) is 0 Å². The van der Waals surface area contributed by atoms with Crippen molar-refractivity contribution in [1.82, 2.24) is 4.90 Å². The van der Waals surface area contributed by atoms with Crippen molar-refractivity contribution in [2.24, 2.45) is 11.7 Å². The molecule has 0 bridgehead atoms. The summed E-state index contributed by atoms with van der Waals surface area (Å²) in [6, 6.07) is -9.41. The van der Waals surface area contributed by atoms with Crippen LogP contribution in [0.3, 0.4) is 0 Å². The Bertz CT molecular complexity index is 1720. The lowest BCUT2D eigenvalue weighted by Crippen LogP contribution is -2.49. The third-order valence-electron chi connectivity index (χ3n) is 5.99. The molecule has 2 N–H and O–H groups in total. The number of nitrogens with zero attached hydrogens (tertiary/aromatic N) is 1. The first-order valence-corrected chi connectivity index (χ1v) is 10.2. The van der Waals surface area contributed by atoms with Crippen molar-refractivity contribution < 1.29 is 30.1 Å². The number of ether oxygens (including phenoxy) is 1. The van der Waals surface area contributed by atoms with Crippen LogP contribution < -0.4 is 10.5 Å². The predicted octanol–water partition coefficient (Wildman–Crippen LogP) is 3.96.